The maximum atomic E-state index is 14.0. The van der Waals surface area contributed by atoms with Crippen molar-refractivity contribution in [3.05, 3.63) is 10.0 Å². The van der Waals surface area contributed by atoms with Gasteiger partial charge in [0, 0.05) is 19.4 Å². The van der Waals surface area contributed by atoms with Gasteiger partial charge in [0.25, 0.3) is 5.92 Å². The van der Waals surface area contributed by atoms with Gasteiger partial charge in [-0.1, -0.05) is 19.3 Å². The molecule has 0 radical (unpaired) electrons. The molecule has 1 saturated carbocycles. The summed E-state index contributed by atoms with van der Waals surface area (Å²) in [5.74, 6) is -2.57. The normalized spacial score (nSPS) is 23.8. The highest BCUT2D eigenvalue weighted by molar-refractivity contribution is 7.11. The Morgan fingerprint density at radius 3 is 2.79 bits per heavy atom. The molecule has 3 nitrogen and oxygen atoms in total. The van der Waals surface area contributed by atoms with E-state index in [1.165, 1.54) is 11.3 Å². The van der Waals surface area contributed by atoms with Gasteiger partial charge in [-0.15, -0.1) is 21.5 Å². The Labute approximate surface area is 116 Å². The first-order valence-corrected chi connectivity index (χ1v) is 7.80. The van der Waals surface area contributed by atoms with Crippen LogP contribution in [-0.4, -0.2) is 28.7 Å². The molecule has 1 aliphatic carbocycles. The van der Waals surface area contributed by atoms with E-state index in [1.807, 2.05) is 6.92 Å². The Hall–Kier alpha value is -0.620. The summed E-state index contributed by atoms with van der Waals surface area (Å²) in [6.45, 7) is 2.45. The Morgan fingerprint density at radius 2 is 2.05 bits per heavy atom. The second kappa shape index (κ2) is 6.70. The third-order valence-electron chi connectivity index (χ3n) is 3.56. The number of nitrogens with one attached hydrogen (secondary N) is 1. The first-order valence-electron chi connectivity index (χ1n) is 6.98. The summed E-state index contributed by atoms with van der Waals surface area (Å²) in [5, 5.41) is 12.8. The highest BCUT2D eigenvalue weighted by Crippen LogP contribution is 2.31. The molecule has 0 spiro atoms. The molecule has 1 fully saturated rings. The fourth-order valence-corrected chi connectivity index (χ4v) is 3.20. The van der Waals surface area contributed by atoms with E-state index >= 15 is 0 Å². The molecule has 19 heavy (non-hydrogen) atoms. The summed E-state index contributed by atoms with van der Waals surface area (Å²) < 4.78 is 27.9. The zero-order chi connectivity index (χ0) is 13.7. The van der Waals surface area contributed by atoms with Crippen LogP contribution in [0.2, 0.25) is 0 Å². The Kier molecular flexibility index (Phi) is 5.21. The van der Waals surface area contributed by atoms with Crippen LogP contribution in [0.5, 0.6) is 0 Å². The summed E-state index contributed by atoms with van der Waals surface area (Å²) in [6.07, 6.45) is 4.81. The minimum Gasteiger partial charge on any atom is -0.308 e. The lowest BCUT2D eigenvalue weighted by Crippen LogP contribution is -2.46. The minimum atomic E-state index is -2.57. The van der Waals surface area contributed by atoms with Gasteiger partial charge in [0.1, 0.15) is 10.0 Å². The monoisotopic (exact) mass is 289 g/mol. The zero-order valence-corrected chi connectivity index (χ0v) is 12.1. The van der Waals surface area contributed by atoms with Gasteiger partial charge in [0.15, 0.2) is 0 Å². The van der Waals surface area contributed by atoms with Gasteiger partial charge in [0.2, 0.25) is 0 Å². The van der Waals surface area contributed by atoms with Gasteiger partial charge >= 0.3 is 0 Å². The molecular formula is C13H21F2N3S. The molecule has 1 aromatic heterocycles. The number of nitrogens with zero attached hydrogens (tertiary/aromatic N) is 2. The number of alkyl halides is 2. The number of rotatable bonds is 4. The van der Waals surface area contributed by atoms with Gasteiger partial charge in [-0.2, -0.15) is 0 Å². The van der Waals surface area contributed by atoms with E-state index in [2.05, 4.69) is 15.5 Å². The second-order valence-corrected chi connectivity index (χ2v) is 6.45. The lowest BCUT2D eigenvalue weighted by Gasteiger charge is -2.29. The lowest BCUT2D eigenvalue weighted by atomic mass is 9.93. The van der Waals surface area contributed by atoms with Crippen molar-refractivity contribution in [2.45, 2.75) is 63.8 Å². The Bertz CT molecular complexity index is 395. The highest BCUT2D eigenvalue weighted by Gasteiger charge is 2.38. The van der Waals surface area contributed by atoms with Crippen LogP contribution in [0.4, 0.5) is 8.78 Å². The van der Waals surface area contributed by atoms with Crippen LogP contribution < -0.4 is 5.32 Å². The molecule has 108 valence electrons. The van der Waals surface area contributed by atoms with E-state index in [4.69, 9.17) is 0 Å². The summed E-state index contributed by atoms with van der Waals surface area (Å²) in [6, 6.07) is -0.679. The van der Waals surface area contributed by atoms with Crippen molar-refractivity contribution < 1.29 is 8.78 Å². The van der Waals surface area contributed by atoms with Gasteiger partial charge in [0.05, 0.1) is 6.04 Å². The van der Waals surface area contributed by atoms with E-state index in [0.29, 0.717) is 25.8 Å². The molecular weight excluding hydrogens is 268 g/mol. The third-order valence-corrected chi connectivity index (χ3v) is 4.46. The van der Waals surface area contributed by atoms with Crippen LogP contribution in [0.25, 0.3) is 0 Å². The van der Waals surface area contributed by atoms with Crippen molar-refractivity contribution in [2.75, 3.05) is 6.54 Å². The minimum absolute atomic E-state index is 0.0165. The van der Waals surface area contributed by atoms with Gasteiger partial charge < -0.3 is 5.32 Å². The molecule has 1 heterocycles. The molecule has 1 N–H and O–H groups in total. The predicted molar refractivity (Wildman–Crippen MR) is 72.8 cm³/mol. The lowest BCUT2D eigenvalue weighted by molar-refractivity contribution is -0.0528. The van der Waals surface area contributed by atoms with Crippen molar-refractivity contribution in [3.63, 3.8) is 0 Å². The predicted octanol–water partition coefficient (Wildman–Crippen LogP) is 3.34. The summed E-state index contributed by atoms with van der Waals surface area (Å²) in [5.41, 5.74) is 0. The van der Waals surface area contributed by atoms with Gasteiger partial charge in [-0.3, -0.25) is 0 Å². The third kappa shape index (κ3) is 4.45. The Morgan fingerprint density at radius 1 is 1.26 bits per heavy atom. The van der Waals surface area contributed by atoms with Gasteiger partial charge in [-0.25, -0.2) is 8.78 Å². The molecule has 0 aliphatic heterocycles. The Balaban J connectivity index is 1.81. The first-order chi connectivity index (χ1) is 9.08. The highest BCUT2D eigenvalue weighted by atomic mass is 32.1. The molecule has 0 bridgehead atoms. The summed E-state index contributed by atoms with van der Waals surface area (Å²) in [7, 11) is 0. The van der Waals surface area contributed by atoms with E-state index in [9.17, 15) is 8.78 Å². The van der Waals surface area contributed by atoms with Crippen LogP contribution in [-0.2, 0) is 6.42 Å². The number of hydrogen-bond donors (Lipinski definition) is 1. The maximum Gasteiger partial charge on any atom is 0.263 e. The van der Waals surface area contributed by atoms with Crippen LogP contribution in [0.3, 0.4) is 0 Å². The maximum absolute atomic E-state index is 14.0. The van der Waals surface area contributed by atoms with E-state index in [1.54, 1.807) is 0 Å². The van der Waals surface area contributed by atoms with Crippen LogP contribution in [0.1, 0.15) is 48.5 Å². The quantitative estimate of drug-likeness (QED) is 0.924. The fraction of sp³-hybridized carbons (Fsp3) is 0.846. The SMILES string of the molecule is Cc1nnc(CCNC2CCCCCCC2(F)F)s1. The number of halogens is 2. The topological polar surface area (TPSA) is 37.8 Å². The van der Waals surface area contributed by atoms with Crippen molar-refractivity contribution in [1.82, 2.24) is 15.5 Å². The van der Waals surface area contributed by atoms with E-state index in [0.717, 1.165) is 29.3 Å². The molecule has 6 heteroatoms. The number of aryl methyl sites for hydroxylation is 1. The van der Waals surface area contributed by atoms with Crippen LogP contribution >= 0.6 is 11.3 Å². The zero-order valence-electron chi connectivity index (χ0n) is 11.3. The number of hydrogen-bond acceptors (Lipinski definition) is 4. The van der Waals surface area contributed by atoms with Crippen LogP contribution in [0, 0.1) is 6.92 Å². The first kappa shape index (κ1) is 14.8. The van der Waals surface area contributed by atoms with E-state index < -0.39 is 12.0 Å². The molecule has 1 aromatic rings. The summed E-state index contributed by atoms with van der Waals surface area (Å²) >= 11 is 1.53. The average Bonchev–Trinajstić information content (AvgIpc) is 2.75. The van der Waals surface area contributed by atoms with Crippen LogP contribution in [0.15, 0.2) is 0 Å². The molecule has 2 rings (SSSR count). The van der Waals surface area contributed by atoms with Crippen molar-refractivity contribution in [3.8, 4) is 0 Å². The van der Waals surface area contributed by atoms with Gasteiger partial charge in [-0.05, 0) is 19.8 Å². The smallest absolute Gasteiger partial charge is 0.263 e. The second-order valence-electron chi connectivity index (χ2n) is 5.19. The average molecular weight is 289 g/mol. The number of aromatic nitrogens is 2. The largest absolute Gasteiger partial charge is 0.308 e. The van der Waals surface area contributed by atoms with E-state index in [-0.39, 0.29) is 6.42 Å². The van der Waals surface area contributed by atoms with Crippen molar-refractivity contribution in [1.29, 1.82) is 0 Å². The fourth-order valence-electron chi connectivity index (χ4n) is 2.49. The summed E-state index contributed by atoms with van der Waals surface area (Å²) in [4.78, 5) is 0. The standard InChI is InChI=1S/C13H21F2N3S/c1-10-17-18-12(19-10)7-9-16-11-6-4-2-3-5-8-13(11,14)15/h11,16H,2-9H2,1H3. The molecule has 0 amide bonds. The molecule has 1 unspecified atom stereocenters. The molecule has 1 atom stereocenters. The molecule has 1 aliphatic rings. The van der Waals surface area contributed by atoms with Crippen molar-refractivity contribution >= 4 is 11.3 Å². The van der Waals surface area contributed by atoms with Crippen molar-refractivity contribution in [2.24, 2.45) is 0 Å². The molecule has 0 saturated heterocycles. The molecule has 0 aromatic carbocycles.